The number of aromatic nitrogens is 1. The highest BCUT2D eigenvalue weighted by atomic mass is 16.5. The lowest BCUT2D eigenvalue weighted by atomic mass is 9.80. The average Bonchev–Trinajstić information content (AvgIpc) is 2.38. The monoisotopic (exact) mass is 220 g/mol. The molecule has 0 spiro atoms. The van der Waals surface area contributed by atoms with Gasteiger partial charge in [-0.05, 0) is 43.0 Å². The van der Waals surface area contributed by atoms with Gasteiger partial charge in [0.05, 0.1) is 13.3 Å². The number of methoxy groups -OCH3 is 1. The third kappa shape index (κ3) is 2.35. The molecule has 0 aliphatic carbocycles. The molecule has 16 heavy (non-hydrogen) atoms. The molecular formula is C13H20N2O. The Morgan fingerprint density at radius 1 is 1.50 bits per heavy atom. The van der Waals surface area contributed by atoms with Gasteiger partial charge in [-0.2, -0.15) is 0 Å². The van der Waals surface area contributed by atoms with Gasteiger partial charge in [0.25, 0.3) is 0 Å². The van der Waals surface area contributed by atoms with Crippen LogP contribution in [0.25, 0.3) is 0 Å². The first-order valence-electron chi connectivity index (χ1n) is 6.04. The molecule has 1 aromatic heterocycles. The van der Waals surface area contributed by atoms with Crippen LogP contribution in [0.15, 0.2) is 18.5 Å². The van der Waals surface area contributed by atoms with Crippen LogP contribution in [0.3, 0.4) is 0 Å². The van der Waals surface area contributed by atoms with Gasteiger partial charge in [0.15, 0.2) is 0 Å². The number of hydrogen-bond donors (Lipinski definition) is 1. The van der Waals surface area contributed by atoms with Crippen LogP contribution in [0.5, 0.6) is 5.75 Å². The zero-order valence-electron chi connectivity index (χ0n) is 10.1. The van der Waals surface area contributed by atoms with E-state index in [1.54, 1.807) is 13.3 Å². The molecule has 1 aliphatic rings. The molecule has 0 saturated carbocycles. The lowest BCUT2D eigenvalue weighted by Crippen LogP contribution is -2.35. The SMILES string of the molecule is CCC1CNCCC1c1cncc(OC)c1. The molecule has 0 radical (unpaired) electrons. The van der Waals surface area contributed by atoms with Gasteiger partial charge in [0.1, 0.15) is 5.75 Å². The van der Waals surface area contributed by atoms with Crippen molar-refractivity contribution in [3.05, 3.63) is 24.0 Å². The molecule has 0 amide bonds. The summed E-state index contributed by atoms with van der Waals surface area (Å²) < 4.78 is 5.24. The summed E-state index contributed by atoms with van der Waals surface area (Å²) in [5, 5.41) is 3.46. The summed E-state index contributed by atoms with van der Waals surface area (Å²) in [6.45, 7) is 4.50. The maximum atomic E-state index is 5.24. The molecule has 3 nitrogen and oxygen atoms in total. The van der Waals surface area contributed by atoms with Gasteiger partial charge in [-0.1, -0.05) is 13.3 Å². The Bertz CT molecular complexity index is 340. The number of nitrogens with one attached hydrogen (secondary N) is 1. The highest BCUT2D eigenvalue weighted by molar-refractivity contribution is 5.27. The van der Waals surface area contributed by atoms with Gasteiger partial charge in [-0.25, -0.2) is 0 Å². The van der Waals surface area contributed by atoms with Gasteiger partial charge in [-0.3, -0.25) is 4.98 Å². The second-order valence-electron chi connectivity index (χ2n) is 4.43. The number of hydrogen-bond acceptors (Lipinski definition) is 3. The third-order valence-electron chi connectivity index (χ3n) is 3.53. The van der Waals surface area contributed by atoms with E-state index in [4.69, 9.17) is 4.74 Å². The number of ether oxygens (including phenoxy) is 1. The summed E-state index contributed by atoms with van der Waals surface area (Å²) in [5.41, 5.74) is 1.33. The number of rotatable bonds is 3. The van der Waals surface area contributed by atoms with E-state index in [1.807, 2.05) is 6.20 Å². The van der Waals surface area contributed by atoms with E-state index < -0.39 is 0 Å². The fourth-order valence-corrected chi connectivity index (χ4v) is 2.54. The standard InChI is InChI=1S/C13H20N2O/c1-3-10-7-14-5-4-13(10)11-6-12(16-2)9-15-8-11/h6,8-10,13-14H,3-5,7H2,1-2H3. The first-order valence-corrected chi connectivity index (χ1v) is 6.04. The Kier molecular flexibility index (Phi) is 3.78. The molecule has 2 unspecified atom stereocenters. The molecule has 3 heteroatoms. The molecule has 0 aromatic carbocycles. The van der Waals surface area contributed by atoms with Gasteiger partial charge in [0, 0.05) is 6.20 Å². The van der Waals surface area contributed by atoms with Crippen LogP contribution in [-0.4, -0.2) is 25.2 Å². The van der Waals surface area contributed by atoms with E-state index >= 15 is 0 Å². The van der Waals surface area contributed by atoms with E-state index in [2.05, 4.69) is 23.3 Å². The Balaban J connectivity index is 2.20. The van der Waals surface area contributed by atoms with Crippen LogP contribution in [0.1, 0.15) is 31.2 Å². The van der Waals surface area contributed by atoms with Crippen molar-refractivity contribution < 1.29 is 4.74 Å². The Morgan fingerprint density at radius 3 is 3.12 bits per heavy atom. The minimum absolute atomic E-state index is 0.633. The van der Waals surface area contributed by atoms with Crippen molar-refractivity contribution in [2.75, 3.05) is 20.2 Å². The molecule has 0 bridgehead atoms. The summed E-state index contributed by atoms with van der Waals surface area (Å²) in [6, 6.07) is 2.13. The topological polar surface area (TPSA) is 34.2 Å². The van der Waals surface area contributed by atoms with Crippen molar-refractivity contribution in [3.63, 3.8) is 0 Å². The van der Waals surface area contributed by atoms with Gasteiger partial charge in [-0.15, -0.1) is 0 Å². The fourth-order valence-electron chi connectivity index (χ4n) is 2.54. The van der Waals surface area contributed by atoms with E-state index in [9.17, 15) is 0 Å². The Labute approximate surface area is 97.2 Å². The second-order valence-corrected chi connectivity index (χ2v) is 4.43. The van der Waals surface area contributed by atoms with Gasteiger partial charge in [0.2, 0.25) is 0 Å². The smallest absolute Gasteiger partial charge is 0.137 e. The lowest BCUT2D eigenvalue weighted by molar-refractivity contribution is 0.316. The zero-order chi connectivity index (χ0) is 11.4. The van der Waals surface area contributed by atoms with Crippen molar-refractivity contribution >= 4 is 0 Å². The minimum atomic E-state index is 0.633. The fraction of sp³-hybridized carbons (Fsp3) is 0.615. The highest BCUT2D eigenvalue weighted by Gasteiger charge is 2.25. The molecule has 2 rings (SSSR count). The largest absolute Gasteiger partial charge is 0.495 e. The van der Waals surface area contributed by atoms with Crippen LogP contribution in [-0.2, 0) is 0 Å². The number of nitrogens with zero attached hydrogens (tertiary/aromatic N) is 1. The van der Waals surface area contributed by atoms with Crippen molar-refractivity contribution in [3.8, 4) is 5.75 Å². The van der Waals surface area contributed by atoms with E-state index in [1.165, 1.54) is 18.4 Å². The molecule has 1 aliphatic heterocycles. The number of pyridine rings is 1. The zero-order valence-corrected chi connectivity index (χ0v) is 10.1. The normalized spacial score (nSPS) is 25.4. The molecule has 1 saturated heterocycles. The van der Waals surface area contributed by atoms with Crippen molar-refractivity contribution in [2.24, 2.45) is 5.92 Å². The summed E-state index contributed by atoms with van der Waals surface area (Å²) >= 11 is 0. The predicted octanol–water partition coefficient (Wildman–Crippen LogP) is 2.19. The Hall–Kier alpha value is -1.09. The first-order chi connectivity index (χ1) is 7.85. The van der Waals surface area contributed by atoms with Crippen LogP contribution in [0.4, 0.5) is 0 Å². The summed E-state index contributed by atoms with van der Waals surface area (Å²) in [5.74, 6) is 2.22. The summed E-state index contributed by atoms with van der Waals surface area (Å²) in [7, 11) is 1.69. The first kappa shape index (κ1) is 11.4. The Morgan fingerprint density at radius 2 is 2.38 bits per heavy atom. The number of piperidine rings is 1. The summed E-state index contributed by atoms with van der Waals surface area (Å²) in [4.78, 5) is 4.25. The molecule has 88 valence electrons. The van der Waals surface area contributed by atoms with E-state index in [-0.39, 0.29) is 0 Å². The summed E-state index contributed by atoms with van der Waals surface area (Å²) in [6.07, 6.45) is 6.18. The lowest BCUT2D eigenvalue weighted by Gasteiger charge is -2.31. The maximum Gasteiger partial charge on any atom is 0.137 e. The van der Waals surface area contributed by atoms with Crippen molar-refractivity contribution in [2.45, 2.75) is 25.7 Å². The van der Waals surface area contributed by atoms with E-state index in [0.29, 0.717) is 5.92 Å². The van der Waals surface area contributed by atoms with Gasteiger partial charge < -0.3 is 10.1 Å². The molecule has 2 heterocycles. The van der Waals surface area contributed by atoms with Crippen molar-refractivity contribution in [1.29, 1.82) is 0 Å². The molecule has 1 fully saturated rings. The van der Waals surface area contributed by atoms with Crippen LogP contribution >= 0.6 is 0 Å². The maximum absolute atomic E-state index is 5.24. The van der Waals surface area contributed by atoms with Gasteiger partial charge >= 0.3 is 0 Å². The van der Waals surface area contributed by atoms with Crippen LogP contribution in [0.2, 0.25) is 0 Å². The third-order valence-corrected chi connectivity index (χ3v) is 3.53. The second kappa shape index (κ2) is 5.30. The molecule has 1 aromatic rings. The molecule has 1 N–H and O–H groups in total. The molecule has 2 atom stereocenters. The quantitative estimate of drug-likeness (QED) is 0.848. The van der Waals surface area contributed by atoms with Crippen LogP contribution < -0.4 is 10.1 Å². The minimum Gasteiger partial charge on any atom is -0.495 e. The van der Waals surface area contributed by atoms with Crippen molar-refractivity contribution in [1.82, 2.24) is 10.3 Å². The highest BCUT2D eigenvalue weighted by Crippen LogP contribution is 2.33. The molecular weight excluding hydrogens is 200 g/mol. The van der Waals surface area contributed by atoms with Crippen LogP contribution in [0, 0.1) is 5.92 Å². The predicted molar refractivity (Wildman–Crippen MR) is 64.8 cm³/mol. The average molecular weight is 220 g/mol. The van der Waals surface area contributed by atoms with E-state index in [0.717, 1.165) is 24.8 Å².